The minimum Gasteiger partial charge on any atom is -0.382 e. The third kappa shape index (κ3) is 5.42. The number of amides is 1. The van der Waals surface area contributed by atoms with Gasteiger partial charge in [0.25, 0.3) is 5.91 Å². The molecule has 0 saturated carbocycles. The molecule has 2 aromatic heterocycles. The van der Waals surface area contributed by atoms with Gasteiger partial charge in [-0.2, -0.15) is 18.5 Å². The lowest BCUT2D eigenvalue weighted by molar-refractivity contribution is -0.140. The highest BCUT2D eigenvalue weighted by atomic mass is 32.5. The first kappa shape index (κ1) is 31.9. The second-order valence-corrected chi connectivity index (χ2v) is 15.8. The van der Waals surface area contributed by atoms with E-state index in [2.05, 4.69) is 35.6 Å². The van der Waals surface area contributed by atoms with Crippen LogP contribution in [0.25, 0.3) is 11.2 Å². The molecule has 20 nitrogen and oxygen atoms in total. The summed E-state index contributed by atoms with van der Waals surface area (Å²) in [6, 6.07) is -1.20. The number of rotatable bonds is 2. The number of nitrogens with one attached hydrogen (secondary N) is 2. The second-order valence-electron chi connectivity index (χ2n) is 10.2. The third-order valence-electron chi connectivity index (χ3n) is 7.27. The van der Waals surface area contributed by atoms with Crippen LogP contribution >= 0.6 is 13.4 Å². The van der Waals surface area contributed by atoms with Crippen LogP contribution in [-0.4, -0.2) is 126 Å². The molecule has 46 heavy (non-hydrogen) atoms. The molecule has 2 bridgehead atoms. The molecule has 3 saturated heterocycles. The zero-order valence-corrected chi connectivity index (χ0v) is 25.9. The van der Waals surface area contributed by atoms with Gasteiger partial charge >= 0.3 is 19.4 Å². The molecule has 0 aromatic carbocycles. The lowest BCUT2D eigenvalue weighted by Crippen LogP contribution is -2.53. The molecule has 1 amide bonds. The minimum absolute atomic E-state index is 0.104. The Balaban J connectivity index is 1.19. The highest BCUT2D eigenvalue weighted by molar-refractivity contribution is 8.07. The number of aromatic nitrogens is 5. The topological polar surface area (TPSA) is 259 Å². The fourth-order valence-electron chi connectivity index (χ4n) is 5.23. The molecule has 3 unspecified atom stereocenters. The number of amidine groups is 1. The van der Waals surface area contributed by atoms with E-state index in [1.54, 1.807) is 0 Å². The Kier molecular flexibility index (Phi) is 7.77. The number of carbonyl (C=O) groups is 1. The van der Waals surface area contributed by atoms with Crippen molar-refractivity contribution in [3.05, 3.63) is 6.33 Å². The molecule has 3 fully saturated rings. The SMILES string of the molecule is N=C1N=C2C(N=CN2[C@@H]2O[C@@H]3COP(O)(=S)O[C@@H]4[C@@H](COP(O)(=S)O[C@@H]2[C@@H]3F)O[C@@H](n2nnc3c(N)ncnc32)C4(F)F)C(=O)N1. The van der Waals surface area contributed by atoms with Crippen molar-refractivity contribution in [2.24, 2.45) is 9.98 Å². The molecule has 6 N–H and O–H groups in total. The van der Waals surface area contributed by atoms with Crippen molar-refractivity contribution in [3.8, 4) is 0 Å². The molecular weight excluding hydrogens is 709 g/mol. The lowest BCUT2D eigenvalue weighted by Gasteiger charge is -2.32. The summed E-state index contributed by atoms with van der Waals surface area (Å²) in [5.74, 6) is -5.52. The summed E-state index contributed by atoms with van der Waals surface area (Å²) in [7, 11) is 0. The number of anilines is 1. The number of guanidine groups is 1. The summed E-state index contributed by atoms with van der Waals surface area (Å²) in [5.41, 5.74) is 5.41. The van der Waals surface area contributed by atoms with E-state index in [-0.39, 0.29) is 22.8 Å². The van der Waals surface area contributed by atoms with Crippen LogP contribution in [-0.2, 0) is 56.0 Å². The van der Waals surface area contributed by atoms with Gasteiger partial charge in [0, 0.05) is 0 Å². The molecule has 2 aromatic rings. The fraction of sp³-hybridized carbons (Fsp3) is 0.579. The van der Waals surface area contributed by atoms with Crippen LogP contribution in [0.5, 0.6) is 0 Å². The van der Waals surface area contributed by atoms with E-state index in [0.717, 1.165) is 17.6 Å². The van der Waals surface area contributed by atoms with Crippen LogP contribution in [0.15, 0.2) is 16.3 Å². The highest BCUT2D eigenvalue weighted by Gasteiger charge is 2.64. The smallest absolute Gasteiger partial charge is 0.325 e. The molecule has 27 heteroatoms. The molecule has 7 heterocycles. The average Bonchev–Trinajstić information content (AvgIpc) is 3.71. The van der Waals surface area contributed by atoms with Gasteiger partial charge in [-0.05, 0) is 23.6 Å². The van der Waals surface area contributed by atoms with Crippen molar-refractivity contribution in [1.29, 1.82) is 5.41 Å². The van der Waals surface area contributed by atoms with Gasteiger partial charge in [-0.15, -0.1) is 5.10 Å². The molecule has 10 atom stereocenters. The van der Waals surface area contributed by atoms with Gasteiger partial charge in [-0.25, -0.2) is 14.4 Å². The molecule has 5 aliphatic rings. The maximum absolute atomic E-state index is 16.0. The van der Waals surface area contributed by atoms with Gasteiger partial charge in [-0.3, -0.25) is 34.5 Å². The Morgan fingerprint density at radius 2 is 1.85 bits per heavy atom. The van der Waals surface area contributed by atoms with Gasteiger partial charge in [0.2, 0.25) is 12.2 Å². The van der Waals surface area contributed by atoms with Crippen molar-refractivity contribution < 1.29 is 55.3 Å². The van der Waals surface area contributed by atoms with Gasteiger partial charge in [0.1, 0.15) is 24.6 Å². The number of nitrogens with two attached hydrogens (primary N) is 1. The maximum atomic E-state index is 16.0. The average molecular weight is 730 g/mol. The molecule has 0 aliphatic carbocycles. The first-order chi connectivity index (χ1) is 21.6. The molecule has 5 aliphatic heterocycles. The number of ether oxygens (including phenoxy) is 2. The van der Waals surface area contributed by atoms with Crippen molar-refractivity contribution in [2.45, 2.75) is 55.0 Å². The number of halogens is 3. The summed E-state index contributed by atoms with van der Waals surface area (Å²) in [6.07, 6.45) is -11.5. The molecule has 248 valence electrons. The van der Waals surface area contributed by atoms with E-state index in [1.165, 1.54) is 0 Å². The van der Waals surface area contributed by atoms with Crippen LogP contribution in [0.3, 0.4) is 0 Å². The summed E-state index contributed by atoms with van der Waals surface area (Å²) in [4.78, 5) is 50.7. The first-order valence-corrected chi connectivity index (χ1v) is 18.1. The molecular formula is C19H20F3N11O9P2S2. The summed E-state index contributed by atoms with van der Waals surface area (Å²) < 4.78 is 81.0. The Morgan fingerprint density at radius 3 is 2.61 bits per heavy atom. The normalized spacial score (nSPS) is 40.9. The zero-order chi connectivity index (χ0) is 32.8. The monoisotopic (exact) mass is 729 g/mol. The molecule has 7 rings (SSSR count). The van der Waals surface area contributed by atoms with E-state index in [1.807, 2.05) is 0 Å². The maximum Gasteiger partial charge on any atom is 0.325 e. The van der Waals surface area contributed by atoms with Crippen molar-refractivity contribution >= 4 is 78.1 Å². The second kappa shape index (κ2) is 11.2. The summed E-state index contributed by atoms with van der Waals surface area (Å²) >= 11 is 10.1. The number of carbonyl (C=O) groups excluding carboxylic acids is 1. The van der Waals surface area contributed by atoms with Crippen LogP contribution in [0.4, 0.5) is 19.0 Å². The number of hydrogen-bond donors (Lipinski definition) is 5. The van der Waals surface area contributed by atoms with Crippen LogP contribution in [0, 0.1) is 5.41 Å². The highest BCUT2D eigenvalue weighted by Crippen LogP contribution is 2.56. The van der Waals surface area contributed by atoms with Crippen LogP contribution < -0.4 is 11.1 Å². The Hall–Kier alpha value is -2.67. The largest absolute Gasteiger partial charge is 0.382 e. The number of hydrogen-bond acceptors (Lipinski definition) is 17. The van der Waals surface area contributed by atoms with E-state index < -0.39 is 93.5 Å². The van der Waals surface area contributed by atoms with E-state index in [4.69, 9.17) is 62.3 Å². The third-order valence-corrected chi connectivity index (χ3v) is 10.4. The number of fused-ring (bicyclic) bond motifs is 5. The number of nitrogen functional groups attached to an aromatic ring is 1. The van der Waals surface area contributed by atoms with Gasteiger partial charge < -0.3 is 34.0 Å². The Labute approximate surface area is 264 Å². The quantitative estimate of drug-likeness (QED) is 0.228. The molecule has 0 spiro atoms. The van der Waals surface area contributed by atoms with E-state index in [0.29, 0.717) is 4.68 Å². The van der Waals surface area contributed by atoms with Gasteiger partial charge in [-0.1, -0.05) is 5.21 Å². The summed E-state index contributed by atoms with van der Waals surface area (Å²) in [6.45, 7) is -10.9. The van der Waals surface area contributed by atoms with Crippen molar-refractivity contribution in [2.75, 3.05) is 18.9 Å². The Bertz CT molecular complexity index is 1790. The number of aliphatic imine (C=N–C) groups is 2. The number of nitrogens with zero attached hydrogens (tertiary/aromatic N) is 8. The number of alkyl halides is 3. The Morgan fingerprint density at radius 1 is 1.13 bits per heavy atom. The van der Waals surface area contributed by atoms with Gasteiger partial charge in [0.15, 0.2) is 47.4 Å². The summed E-state index contributed by atoms with van der Waals surface area (Å²) in [5, 5.41) is 17.3. The molecule has 0 radical (unpaired) electrons. The minimum atomic E-state index is -4.62. The van der Waals surface area contributed by atoms with E-state index >= 15 is 13.2 Å². The fourth-order valence-corrected chi connectivity index (χ4v) is 8.06. The van der Waals surface area contributed by atoms with Gasteiger partial charge in [0.05, 0.1) is 19.6 Å². The van der Waals surface area contributed by atoms with Crippen LogP contribution in [0.1, 0.15) is 6.23 Å². The predicted molar refractivity (Wildman–Crippen MR) is 152 cm³/mol. The zero-order valence-electron chi connectivity index (χ0n) is 22.4. The van der Waals surface area contributed by atoms with Crippen molar-refractivity contribution in [1.82, 2.24) is 35.2 Å². The standard InChI is InChI=1S/C19H20F3N11O9P2S2/c20-7-5-1-37-44(36,46)42-11-6(40-17(19(11,21)22)33-13-8(30-31-33)12(23)25-3-26-13)2-38-43(35,45)41-10(7)16(39-5)32-4-27-9-14(32)28-18(24)29-15(9)34/h3-7,9-11,16-17H,1-2H2,(H,35,45)(H,36,46)(H2,23,25,26)(H2,24,29,34)/t5-,6-,7-,9?,10-,11-,16-,17-,43?,44?/m1/s1. The first-order valence-electron chi connectivity index (χ1n) is 12.9. The van der Waals surface area contributed by atoms with Crippen molar-refractivity contribution in [3.63, 3.8) is 0 Å². The van der Waals surface area contributed by atoms with Crippen LogP contribution in [0.2, 0.25) is 0 Å². The lowest BCUT2D eigenvalue weighted by atomic mass is 10.1. The van der Waals surface area contributed by atoms with E-state index in [9.17, 15) is 14.6 Å². The predicted octanol–water partition coefficient (Wildman–Crippen LogP) is -1.17.